The maximum Gasteiger partial charge on any atom is 0.210 e. The van der Waals surface area contributed by atoms with Crippen molar-refractivity contribution in [2.75, 3.05) is 0 Å². The Kier molecular flexibility index (Phi) is 6.91. The van der Waals surface area contributed by atoms with E-state index in [0.29, 0.717) is 5.96 Å². The number of fused-ring (bicyclic) bond motifs is 1. The smallest absolute Gasteiger partial charge is 0.210 e. The van der Waals surface area contributed by atoms with Crippen LogP contribution in [0.15, 0.2) is 82.9 Å². The van der Waals surface area contributed by atoms with Crippen molar-refractivity contribution in [1.29, 1.82) is 0 Å². The molecule has 3 aromatic carbocycles. The molecule has 0 aromatic heterocycles. The third kappa shape index (κ3) is 4.55. The van der Waals surface area contributed by atoms with Crippen LogP contribution in [-0.2, 0) is 6.42 Å². The monoisotopic (exact) mass is 418 g/mol. The fraction of sp³-hybridized carbons (Fsp3) is 0.200. The Hall–Kier alpha value is -3.11. The molecule has 4 rings (SSSR count). The number of hydrogen-bond donors (Lipinski definition) is 2. The molecule has 0 spiro atoms. The molecule has 5 heteroatoms. The van der Waals surface area contributed by atoms with Crippen molar-refractivity contribution in [3.05, 3.63) is 106 Å². The van der Waals surface area contributed by atoms with Crippen molar-refractivity contribution < 1.29 is 0 Å². The molecule has 1 aliphatic carbocycles. The van der Waals surface area contributed by atoms with E-state index in [9.17, 15) is 0 Å². The van der Waals surface area contributed by atoms with Gasteiger partial charge in [0.05, 0.1) is 5.71 Å². The summed E-state index contributed by atoms with van der Waals surface area (Å²) >= 11 is 0. The van der Waals surface area contributed by atoms with Crippen LogP contribution in [0.4, 0.5) is 0 Å². The van der Waals surface area contributed by atoms with Crippen LogP contribution < -0.4 is 11.2 Å². The first-order chi connectivity index (χ1) is 14.1. The van der Waals surface area contributed by atoms with Gasteiger partial charge in [-0.15, -0.1) is 12.4 Å². The molecule has 0 atom stereocenters. The lowest BCUT2D eigenvalue weighted by atomic mass is 9.99. The number of halogens is 1. The molecule has 3 aromatic rings. The van der Waals surface area contributed by atoms with Crippen LogP contribution >= 0.6 is 12.4 Å². The van der Waals surface area contributed by atoms with Gasteiger partial charge in [-0.25, -0.2) is 10.4 Å². The van der Waals surface area contributed by atoms with Crippen LogP contribution in [0.5, 0.6) is 0 Å². The van der Waals surface area contributed by atoms with Crippen LogP contribution in [0.25, 0.3) is 0 Å². The van der Waals surface area contributed by atoms with Gasteiger partial charge in [0.15, 0.2) is 0 Å². The molecule has 0 fully saturated rings. The van der Waals surface area contributed by atoms with Crippen molar-refractivity contribution >= 4 is 24.1 Å². The summed E-state index contributed by atoms with van der Waals surface area (Å²) in [6.45, 7) is 4.30. The predicted octanol–water partition coefficient (Wildman–Crippen LogP) is 5.07. The molecule has 30 heavy (non-hydrogen) atoms. The summed E-state index contributed by atoms with van der Waals surface area (Å²) in [5.41, 5.74) is 17.7. The Morgan fingerprint density at radius 3 is 2.00 bits per heavy atom. The quantitative estimate of drug-likeness (QED) is 0.353. The first-order valence-corrected chi connectivity index (χ1v) is 9.98. The molecule has 0 unspecified atom stereocenters. The molecule has 0 radical (unpaired) electrons. The van der Waals surface area contributed by atoms with E-state index >= 15 is 0 Å². The molecule has 0 bridgehead atoms. The fourth-order valence-electron chi connectivity index (χ4n) is 3.98. The average molecular weight is 419 g/mol. The van der Waals surface area contributed by atoms with Gasteiger partial charge in [0, 0.05) is 5.56 Å². The Bertz CT molecular complexity index is 1020. The van der Waals surface area contributed by atoms with Crippen LogP contribution in [-0.4, -0.2) is 11.7 Å². The summed E-state index contributed by atoms with van der Waals surface area (Å²) in [4.78, 5) is 4.75. The average Bonchev–Trinajstić information content (AvgIpc) is 3.20. The minimum atomic E-state index is -0.176. The number of nitrogens with one attached hydrogen (secondary N) is 1. The predicted molar refractivity (Wildman–Crippen MR) is 128 cm³/mol. The van der Waals surface area contributed by atoms with Crippen LogP contribution in [0, 0.1) is 13.8 Å². The van der Waals surface area contributed by atoms with E-state index in [2.05, 4.69) is 60.8 Å². The minimum Gasteiger partial charge on any atom is -0.368 e. The number of hydrazone groups is 1. The zero-order valence-electron chi connectivity index (χ0n) is 17.3. The van der Waals surface area contributed by atoms with E-state index in [1.807, 2.05) is 36.4 Å². The van der Waals surface area contributed by atoms with E-state index in [4.69, 9.17) is 10.7 Å². The molecule has 3 N–H and O–H groups in total. The number of benzene rings is 3. The number of guanidine groups is 1. The molecule has 0 aliphatic heterocycles. The highest BCUT2D eigenvalue weighted by Crippen LogP contribution is 2.29. The van der Waals surface area contributed by atoms with Gasteiger partial charge in [0.2, 0.25) is 5.96 Å². The zero-order chi connectivity index (χ0) is 20.2. The maximum absolute atomic E-state index is 6.25. The van der Waals surface area contributed by atoms with Crippen molar-refractivity contribution in [1.82, 2.24) is 5.43 Å². The standard InChI is InChI=1S/C25H26N4.ClH/c1-17-13-14-18(2)23-21(17)15-16-22(23)28-29-25(26)27-24(19-9-5-3-6-10-19)20-11-7-4-8-12-20;/h3-14,24H,15-16H2,1-2H3,(H3,26,27,29);1H. The highest BCUT2D eigenvalue weighted by Gasteiger charge is 2.21. The number of nitrogens with two attached hydrogens (primary N) is 1. The lowest BCUT2D eigenvalue weighted by molar-refractivity contribution is 0.845. The normalized spacial score (nSPS) is 14.5. The number of hydrogen-bond acceptors (Lipinski definition) is 2. The zero-order valence-corrected chi connectivity index (χ0v) is 18.1. The summed E-state index contributed by atoms with van der Waals surface area (Å²) < 4.78 is 0. The van der Waals surface area contributed by atoms with Gasteiger partial charge in [-0.05, 0) is 54.5 Å². The Balaban J connectivity index is 0.00000256. The maximum atomic E-state index is 6.25. The number of nitrogens with zero attached hydrogens (tertiary/aromatic N) is 2. The lowest BCUT2D eigenvalue weighted by Gasteiger charge is -2.15. The molecule has 154 valence electrons. The second-order valence-corrected chi connectivity index (χ2v) is 7.46. The second kappa shape index (κ2) is 9.59. The van der Waals surface area contributed by atoms with E-state index in [0.717, 1.165) is 29.7 Å². The number of aliphatic imine (C=N–C) groups is 1. The number of aryl methyl sites for hydroxylation is 2. The molecular weight excluding hydrogens is 392 g/mol. The molecule has 1 aliphatic rings. The Morgan fingerprint density at radius 1 is 0.833 bits per heavy atom. The molecule has 4 nitrogen and oxygen atoms in total. The van der Waals surface area contributed by atoms with E-state index in [1.54, 1.807) is 0 Å². The molecule has 0 heterocycles. The SMILES string of the molecule is Cc1ccc(C)c2c1CCC2=NNC(N)=NC(c1ccccc1)c1ccccc1.Cl. The van der Waals surface area contributed by atoms with Gasteiger partial charge in [-0.3, -0.25) is 0 Å². The van der Waals surface area contributed by atoms with Gasteiger partial charge in [0.25, 0.3) is 0 Å². The van der Waals surface area contributed by atoms with Crippen molar-refractivity contribution in [3.8, 4) is 0 Å². The molecule has 0 saturated heterocycles. The van der Waals surface area contributed by atoms with Crippen LogP contribution in [0.2, 0.25) is 0 Å². The van der Waals surface area contributed by atoms with Crippen molar-refractivity contribution in [2.45, 2.75) is 32.7 Å². The summed E-state index contributed by atoms with van der Waals surface area (Å²) in [7, 11) is 0. The van der Waals surface area contributed by atoms with Crippen LogP contribution in [0.3, 0.4) is 0 Å². The highest BCUT2D eigenvalue weighted by atomic mass is 35.5. The summed E-state index contributed by atoms with van der Waals surface area (Å²) in [6, 6.07) is 24.5. The van der Waals surface area contributed by atoms with Gasteiger partial charge in [0.1, 0.15) is 6.04 Å². The lowest BCUT2D eigenvalue weighted by Crippen LogP contribution is -2.29. The topological polar surface area (TPSA) is 62.8 Å². The van der Waals surface area contributed by atoms with Crippen LogP contribution in [0.1, 0.15) is 45.8 Å². The first kappa shape index (κ1) is 21.6. The summed E-state index contributed by atoms with van der Waals surface area (Å²) in [5.74, 6) is 0.314. The van der Waals surface area contributed by atoms with E-state index in [-0.39, 0.29) is 18.4 Å². The van der Waals surface area contributed by atoms with Gasteiger partial charge in [-0.1, -0.05) is 72.8 Å². The van der Waals surface area contributed by atoms with Gasteiger partial charge >= 0.3 is 0 Å². The largest absolute Gasteiger partial charge is 0.368 e. The van der Waals surface area contributed by atoms with E-state index in [1.165, 1.54) is 22.3 Å². The summed E-state index contributed by atoms with van der Waals surface area (Å²) in [5, 5.41) is 4.62. The third-order valence-electron chi connectivity index (χ3n) is 5.46. The first-order valence-electron chi connectivity index (χ1n) is 9.98. The van der Waals surface area contributed by atoms with E-state index < -0.39 is 0 Å². The highest BCUT2D eigenvalue weighted by molar-refractivity contribution is 6.06. The Morgan fingerprint density at radius 2 is 1.40 bits per heavy atom. The Labute approximate surface area is 184 Å². The molecule has 0 saturated carbocycles. The summed E-state index contributed by atoms with van der Waals surface area (Å²) in [6.07, 6.45) is 1.94. The van der Waals surface area contributed by atoms with Crippen molar-refractivity contribution in [3.63, 3.8) is 0 Å². The molecule has 0 amide bonds. The van der Waals surface area contributed by atoms with Gasteiger partial charge in [-0.2, -0.15) is 5.10 Å². The fourth-order valence-corrected chi connectivity index (χ4v) is 3.98. The second-order valence-electron chi connectivity index (χ2n) is 7.46. The van der Waals surface area contributed by atoms with Crippen molar-refractivity contribution in [2.24, 2.45) is 15.8 Å². The number of rotatable bonds is 4. The minimum absolute atomic E-state index is 0. The third-order valence-corrected chi connectivity index (χ3v) is 5.46. The van der Waals surface area contributed by atoms with Gasteiger partial charge < -0.3 is 5.73 Å². The molecular formula is C25H27ClN4.